The Morgan fingerprint density at radius 3 is 2.50 bits per heavy atom. The summed E-state index contributed by atoms with van der Waals surface area (Å²) in [7, 11) is 0. The third kappa shape index (κ3) is 8.22. The maximum atomic E-state index is 11.5. The van der Waals surface area contributed by atoms with Crippen LogP contribution in [0.2, 0.25) is 0 Å². The molecule has 0 aromatic carbocycles. The number of urea groups is 1. The molecule has 0 bridgehead atoms. The van der Waals surface area contributed by atoms with Gasteiger partial charge in [0.2, 0.25) is 0 Å². The number of rotatable bonds is 9. The van der Waals surface area contributed by atoms with E-state index < -0.39 is 11.9 Å². The van der Waals surface area contributed by atoms with Crippen molar-refractivity contribution in [1.82, 2.24) is 10.6 Å². The summed E-state index contributed by atoms with van der Waals surface area (Å²) < 4.78 is 0. The van der Waals surface area contributed by atoms with E-state index >= 15 is 0 Å². The smallest absolute Gasteiger partial charge is 0.315 e. The highest BCUT2D eigenvalue weighted by Crippen LogP contribution is 2.05. The highest BCUT2D eigenvalue weighted by Gasteiger charge is 2.17. The molecule has 0 rings (SSSR count). The van der Waals surface area contributed by atoms with Crippen LogP contribution in [-0.4, -0.2) is 41.2 Å². The second-order valence-electron chi connectivity index (χ2n) is 4.24. The molecule has 0 spiro atoms. The number of carbonyl (C=O) groups is 2. The summed E-state index contributed by atoms with van der Waals surface area (Å²) in [6.07, 6.45) is 1.38. The largest absolute Gasteiger partial charge is 0.481 e. The number of hydrogen-bond donors (Lipinski definition) is 3. The molecule has 0 aromatic rings. The zero-order chi connectivity index (χ0) is 14.0. The predicted octanol–water partition coefficient (Wildman–Crippen LogP) is 1.93. The van der Waals surface area contributed by atoms with Gasteiger partial charge >= 0.3 is 12.0 Å². The molecule has 0 saturated heterocycles. The zero-order valence-electron chi connectivity index (χ0n) is 11.4. The molecule has 3 N–H and O–H groups in total. The lowest BCUT2D eigenvalue weighted by molar-refractivity contribution is -0.141. The van der Waals surface area contributed by atoms with E-state index in [0.29, 0.717) is 6.42 Å². The fraction of sp³-hybridized carbons (Fsp3) is 0.833. The number of thioether (sulfide) groups is 1. The van der Waals surface area contributed by atoms with Gasteiger partial charge in [-0.1, -0.05) is 20.3 Å². The Hall–Kier alpha value is -0.910. The van der Waals surface area contributed by atoms with Gasteiger partial charge in [-0.05, 0) is 19.1 Å². The molecule has 2 amide bonds. The van der Waals surface area contributed by atoms with Gasteiger partial charge in [-0.25, -0.2) is 4.79 Å². The molecule has 0 aliphatic carbocycles. The number of carboxylic acid groups (broad SMARTS) is 1. The summed E-state index contributed by atoms with van der Waals surface area (Å²) in [5.74, 6) is 0.528. The summed E-state index contributed by atoms with van der Waals surface area (Å²) >= 11 is 1.76. The average Bonchev–Trinajstić information content (AvgIpc) is 2.31. The van der Waals surface area contributed by atoms with Crippen LogP contribution in [0.25, 0.3) is 0 Å². The zero-order valence-corrected chi connectivity index (χ0v) is 12.2. The van der Waals surface area contributed by atoms with E-state index in [1.165, 1.54) is 0 Å². The lowest BCUT2D eigenvalue weighted by Gasteiger charge is -2.16. The molecule has 0 heterocycles. The van der Waals surface area contributed by atoms with Crippen LogP contribution in [0.15, 0.2) is 0 Å². The van der Waals surface area contributed by atoms with Crippen molar-refractivity contribution in [3.63, 3.8) is 0 Å². The number of amides is 2. The fourth-order valence-electron chi connectivity index (χ4n) is 1.49. The van der Waals surface area contributed by atoms with Crippen molar-refractivity contribution in [3.8, 4) is 0 Å². The Labute approximate surface area is 113 Å². The van der Waals surface area contributed by atoms with Crippen LogP contribution < -0.4 is 10.6 Å². The molecular formula is C12H24N2O3S. The Balaban J connectivity index is 3.89. The summed E-state index contributed by atoms with van der Waals surface area (Å²) in [6.45, 7) is 6.12. The molecule has 6 heteroatoms. The molecule has 0 saturated carbocycles. The van der Waals surface area contributed by atoms with Gasteiger partial charge in [0.05, 0.1) is 5.92 Å². The van der Waals surface area contributed by atoms with E-state index in [2.05, 4.69) is 17.6 Å². The van der Waals surface area contributed by atoms with Gasteiger partial charge in [-0.3, -0.25) is 4.79 Å². The van der Waals surface area contributed by atoms with E-state index in [4.69, 9.17) is 5.11 Å². The Bertz CT molecular complexity index is 262. The van der Waals surface area contributed by atoms with Crippen LogP contribution in [0.5, 0.6) is 0 Å². The minimum atomic E-state index is -0.855. The molecule has 0 aliphatic rings. The minimum Gasteiger partial charge on any atom is -0.481 e. The van der Waals surface area contributed by atoms with Crippen molar-refractivity contribution in [3.05, 3.63) is 0 Å². The van der Waals surface area contributed by atoms with Gasteiger partial charge in [0.25, 0.3) is 0 Å². The molecule has 0 aromatic heterocycles. The predicted molar refractivity (Wildman–Crippen MR) is 75.0 cm³/mol. The van der Waals surface area contributed by atoms with Gasteiger partial charge in [-0.15, -0.1) is 0 Å². The van der Waals surface area contributed by atoms with Gasteiger partial charge in [0.1, 0.15) is 0 Å². The Kier molecular flexibility index (Phi) is 9.55. The first-order valence-electron chi connectivity index (χ1n) is 6.36. The van der Waals surface area contributed by atoms with Gasteiger partial charge < -0.3 is 15.7 Å². The van der Waals surface area contributed by atoms with Crippen molar-refractivity contribution in [1.29, 1.82) is 0 Å². The topological polar surface area (TPSA) is 78.4 Å². The first-order valence-corrected chi connectivity index (χ1v) is 7.51. The van der Waals surface area contributed by atoms with Crippen molar-refractivity contribution >= 4 is 23.8 Å². The van der Waals surface area contributed by atoms with Crippen molar-refractivity contribution in [2.24, 2.45) is 5.92 Å². The summed E-state index contributed by atoms with van der Waals surface area (Å²) in [4.78, 5) is 22.4. The molecule has 2 unspecified atom stereocenters. The van der Waals surface area contributed by atoms with E-state index in [1.54, 1.807) is 11.8 Å². The number of carboxylic acids is 1. The number of hydrogen-bond acceptors (Lipinski definition) is 3. The SMILES string of the molecule is CCCC(CNC(=O)NC(C)CSCC)C(=O)O. The van der Waals surface area contributed by atoms with Crippen LogP contribution >= 0.6 is 11.8 Å². The van der Waals surface area contributed by atoms with Crippen LogP contribution in [0.4, 0.5) is 4.79 Å². The second kappa shape index (κ2) is 10.1. The number of aliphatic carboxylic acids is 1. The van der Waals surface area contributed by atoms with Crippen molar-refractivity contribution in [2.75, 3.05) is 18.1 Å². The molecular weight excluding hydrogens is 252 g/mol. The maximum Gasteiger partial charge on any atom is 0.315 e. The standard InChI is InChI=1S/C12H24N2O3S/c1-4-6-10(11(15)16)7-13-12(17)14-9(3)8-18-5-2/h9-10H,4-8H2,1-3H3,(H,15,16)(H2,13,14,17). The van der Waals surface area contributed by atoms with Crippen LogP contribution in [0.3, 0.4) is 0 Å². The van der Waals surface area contributed by atoms with Gasteiger partial charge in [0.15, 0.2) is 0 Å². The highest BCUT2D eigenvalue weighted by molar-refractivity contribution is 7.99. The van der Waals surface area contributed by atoms with Gasteiger partial charge in [-0.2, -0.15) is 11.8 Å². The first-order chi connectivity index (χ1) is 8.51. The summed E-state index contributed by atoms with van der Waals surface area (Å²) in [6, 6.07) is -0.203. The summed E-state index contributed by atoms with van der Waals surface area (Å²) in [5.41, 5.74) is 0. The molecule has 106 valence electrons. The molecule has 0 fully saturated rings. The van der Waals surface area contributed by atoms with Gasteiger partial charge in [0, 0.05) is 18.3 Å². The Morgan fingerprint density at radius 2 is 2.00 bits per heavy atom. The second-order valence-corrected chi connectivity index (χ2v) is 5.56. The fourth-order valence-corrected chi connectivity index (χ4v) is 2.16. The van der Waals surface area contributed by atoms with E-state index in [0.717, 1.165) is 17.9 Å². The Morgan fingerprint density at radius 1 is 1.33 bits per heavy atom. The lowest BCUT2D eigenvalue weighted by Crippen LogP contribution is -2.44. The minimum absolute atomic E-state index is 0.0874. The quantitative estimate of drug-likeness (QED) is 0.601. The molecule has 18 heavy (non-hydrogen) atoms. The van der Waals surface area contributed by atoms with Crippen LogP contribution in [0, 0.1) is 5.92 Å². The third-order valence-electron chi connectivity index (χ3n) is 2.44. The normalized spacial score (nSPS) is 13.7. The average molecular weight is 276 g/mol. The third-order valence-corrected chi connectivity index (χ3v) is 3.59. The number of carbonyl (C=O) groups excluding carboxylic acids is 1. The number of nitrogens with one attached hydrogen (secondary N) is 2. The first kappa shape index (κ1) is 17.1. The highest BCUT2D eigenvalue weighted by atomic mass is 32.2. The van der Waals surface area contributed by atoms with E-state index in [-0.39, 0.29) is 18.6 Å². The van der Waals surface area contributed by atoms with Crippen LogP contribution in [-0.2, 0) is 4.79 Å². The van der Waals surface area contributed by atoms with E-state index in [1.807, 2.05) is 13.8 Å². The molecule has 0 aliphatic heterocycles. The summed E-state index contributed by atoms with van der Waals surface area (Å²) in [5, 5.41) is 14.3. The molecule has 0 radical (unpaired) electrons. The molecule has 2 atom stereocenters. The molecule has 5 nitrogen and oxygen atoms in total. The maximum absolute atomic E-state index is 11.5. The van der Waals surface area contributed by atoms with Crippen molar-refractivity contribution in [2.45, 2.75) is 39.7 Å². The van der Waals surface area contributed by atoms with E-state index in [9.17, 15) is 9.59 Å². The lowest BCUT2D eigenvalue weighted by atomic mass is 10.0. The monoisotopic (exact) mass is 276 g/mol. The van der Waals surface area contributed by atoms with Crippen molar-refractivity contribution < 1.29 is 14.7 Å². The van der Waals surface area contributed by atoms with Crippen LogP contribution in [0.1, 0.15) is 33.6 Å².